The first-order valence-corrected chi connectivity index (χ1v) is 8.12. The Morgan fingerprint density at radius 3 is 2.57 bits per heavy atom. The van der Waals surface area contributed by atoms with Gasteiger partial charge in [-0.1, -0.05) is 0 Å². The van der Waals surface area contributed by atoms with Crippen molar-refractivity contribution in [1.29, 1.82) is 0 Å². The van der Waals surface area contributed by atoms with Gasteiger partial charge < -0.3 is 10.2 Å². The fraction of sp³-hybridized carbons (Fsp3) is 0.812. The monoisotopic (exact) mass is 293 g/mol. The summed E-state index contributed by atoms with van der Waals surface area (Å²) in [6, 6.07) is 2.50. The van der Waals surface area contributed by atoms with Crippen LogP contribution in [0.1, 0.15) is 27.2 Å². The van der Waals surface area contributed by atoms with E-state index in [1.165, 1.54) is 26.2 Å². The minimum atomic E-state index is 0.223. The summed E-state index contributed by atoms with van der Waals surface area (Å²) in [5.41, 5.74) is 0.223. The number of nitrogens with zero attached hydrogens (tertiary/aromatic N) is 4. The van der Waals surface area contributed by atoms with Crippen LogP contribution in [0, 0.1) is 0 Å². The molecule has 1 N–H and O–H groups in total. The molecule has 21 heavy (non-hydrogen) atoms. The van der Waals surface area contributed by atoms with Gasteiger partial charge in [-0.25, -0.2) is 0 Å². The first-order valence-electron chi connectivity index (χ1n) is 8.12. The quantitative estimate of drug-likeness (QED) is 0.821. The molecule has 5 nitrogen and oxygen atoms in total. The Balaban J connectivity index is 1.70. The van der Waals surface area contributed by atoms with Gasteiger partial charge in [0.25, 0.3) is 0 Å². The number of hydrogen-bond acceptors (Lipinski definition) is 4. The normalized spacial score (nSPS) is 19.8. The van der Waals surface area contributed by atoms with Crippen LogP contribution in [0.25, 0.3) is 0 Å². The largest absolute Gasteiger partial charge is 0.312 e. The number of aromatic nitrogens is 2. The highest BCUT2D eigenvalue weighted by Crippen LogP contribution is 2.16. The summed E-state index contributed by atoms with van der Waals surface area (Å²) < 4.78 is 2.00. The van der Waals surface area contributed by atoms with Gasteiger partial charge in [0.05, 0.1) is 0 Å². The lowest BCUT2D eigenvalue weighted by Crippen LogP contribution is -2.58. The Kier molecular flexibility index (Phi) is 5.79. The molecule has 0 bridgehead atoms. The van der Waals surface area contributed by atoms with Crippen molar-refractivity contribution in [3.8, 4) is 0 Å². The lowest BCUT2D eigenvalue weighted by atomic mass is 10.0. The van der Waals surface area contributed by atoms with E-state index in [2.05, 4.69) is 48.0 Å². The van der Waals surface area contributed by atoms with Crippen molar-refractivity contribution < 1.29 is 0 Å². The molecule has 0 saturated carbocycles. The van der Waals surface area contributed by atoms with Crippen LogP contribution in [0.3, 0.4) is 0 Å². The molecule has 1 saturated heterocycles. The van der Waals surface area contributed by atoms with Crippen LogP contribution in [-0.2, 0) is 6.54 Å². The maximum absolute atomic E-state index is 4.25. The molecule has 2 rings (SSSR count). The van der Waals surface area contributed by atoms with Gasteiger partial charge in [-0.15, -0.1) is 0 Å². The van der Waals surface area contributed by atoms with E-state index in [1.54, 1.807) is 0 Å². The second kappa shape index (κ2) is 7.38. The first kappa shape index (κ1) is 16.5. The van der Waals surface area contributed by atoms with Gasteiger partial charge in [0.1, 0.15) is 0 Å². The van der Waals surface area contributed by atoms with E-state index < -0.39 is 0 Å². The van der Waals surface area contributed by atoms with Crippen molar-refractivity contribution in [3.63, 3.8) is 0 Å². The molecule has 1 aromatic heterocycles. The van der Waals surface area contributed by atoms with Gasteiger partial charge in [-0.05, 0) is 40.3 Å². The van der Waals surface area contributed by atoms with Gasteiger partial charge in [-0.2, -0.15) is 5.10 Å². The number of piperazine rings is 1. The highest BCUT2D eigenvalue weighted by Gasteiger charge is 2.29. The first-order chi connectivity index (χ1) is 9.97. The zero-order valence-electron chi connectivity index (χ0n) is 14.0. The van der Waals surface area contributed by atoms with E-state index in [4.69, 9.17) is 0 Å². The molecular weight excluding hydrogens is 262 g/mol. The highest BCUT2D eigenvalue weighted by atomic mass is 15.3. The molecule has 5 heteroatoms. The molecule has 0 aliphatic carbocycles. The average molecular weight is 293 g/mol. The zero-order chi connectivity index (χ0) is 15.3. The Hall–Kier alpha value is -0.910. The van der Waals surface area contributed by atoms with Gasteiger partial charge in [0, 0.05) is 63.2 Å². The van der Waals surface area contributed by atoms with Gasteiger partial charge in [0.2, 0.25) is 0 Å². The Morgan fingerprint density at radius 1 is 1.24 bits per heavy atom. The fourth-order valence-electron chi connectivity index (χ4n) is 2.81. The molecule has 1 aliphatic rings. The van der Waals surface area contributed by atoms with Gasteiger partial charge >= 0.3 is 0 Å². The third kappa shape index (κ3) is 5.09. The van der Waals surface area contributed by atoms with Crippen LogP contribution in [0.5, 0.6) is 0 Å². The van der Waals surface area contributed by atoms with E-state index in [9.17, 15) is 0 Å². The second-order valence-electron chi connectivity index (χ2n) is 6.94. The van der Waals surface area contributed by atoms with E-state index >= 15 is 0 Å². The summed E-state index contributed by atoms with van der Waals surface area (Å²) in [5, 5.41) is 7.95. The lowest BCUT2D eigenvalue weighted by Gasteiger charge is -2.43. The predicted octanol–water partition coefficient (Wildman–Crippen LogP) is 1.28. The summed E-state index contributed by atoms with van der Waals surface area (Å²) in [5.74, 6) is 0. The molecule has 0 spiro atoms. The fourth-order valence-corrected chi connectivity index (χ4v) is 2.81. The molecule has 2 heterocycles. The van der Waals surface area contributed by atoms with Crippen LogP contribution in [0.2, 0.25) is 0 Å². The maximum atomic E-state index is 4.25. The molecule has 0 radical (unpaired) electrons. The molecule has 120 valence electrons. The van der Waals surface area contributed by atoms with E-state index in [0.717, 1.165) is 19.5 Å². The Morgan fingerprint density at radius 2 is 1.95 bits per heavy atom. The van der Waals surface area contributed by atoms with Crippen LogP contribution in [0.15, 0.2) is 18.5 Å². The van der Waals surface area contributed by atoms with Crippen molar-refractivity contribution >= 4 is 0 Å². The number of likely N-dealkylation sites (N-methyl/N-ethyl adjacent to an activating group) is 1. The maximum Gasteiger partial charge on any atom is 0.0489 e. The third-order valence-electron chi connectivity index (χ3n) is 4.59. The smallest absolute Gasteiger partial charge is 0.0489 e. The Bertz CT molecular complexity index is 393. The SMILES string of the molecule is CC(CCn1cccn1)NCC(C)(C)N1CCN(C)CC1. The Labute approximate surface area is 129 Å². The van der Waals surface area contributed by atoms with Crippen molar-refractivity contribution in [2.75, 3.05) is 39.8 Å². The molecule has 0 amide bonds. The number of hydrogen-bond donors (Lipinski definition) is 1. The van der Waals surface area contributed by atoms with E-state index in [-0.39, 0.29) is 5.54 Å². The number of nitrogens with one attached hydrogen (secondary N) is 1. The zero-order valence-corrected chi connectivity index (χ0v) is 14.0. The number of rotatable bonds is 7. The molecule has 1 aliphatic heterocycles. The summed E-state index contributed by atoms with van der Waals surface area (Å²) >= 11 is 0. The summed E-state index contributed by atoms with van der Waals surface area (Å²) in [4.78, 5) is 5.02. The van der Waals surface area contributed by atoms with Crippen molar-refractivity contribution in [2.45, 2.75) is 45.3 Å². The van der Waals surface area contributed by atoms with Crippen LogP contribution in [0.4, 0.5) is 0 Å². The van der Waals surface area contributed by atoms with Crippen LogP contribution < -0.4 is 5.32 Å². The standard InChI is InChI=1S/C16H31N5/c1-15(6-9-21-8-5-7-18-21)17-14-16(2,3)20-12-10-19(4)11-13-20/h5,7-8,15,17H,6,9-14H2,1-4H3. The van der Waals surface area contributed by atoms with Crippen molar-refractivity contribution in [1.82, 2.24) is 24.9 Å². The molecule has 1 unspecified atom stereocenters. The minimum absolute atomic E-state index is 0.223. The molecule has 1 fully saturated rings. The summed E-state index contributed by atoms with van der Waals surface area (Å²) in [6.45, 7) is 13.7. The van der Waals surface area contributed by atoms with E-state index in [1.807, 2.05) is 23.1 Å². The minimum Gasteiger partial charge on any atom is -0.312 e. The molecule has 0 aromatic carbocycles. The van der Waals surface area contributed by atoms with Gasteiger partial charge in [0.15, 0.2) is 0 Å². The molecule has 1 atom stereocenters. The number of aryl methyl sites for hydroxylation is 1. The third-order valence-corrected chi connectivity index (χ3v) is 4.59. The molecule has 1 aromatic rings. The van der Waals surface area contributed by atoms with Crippen molar-refractivity contribution in [3.05, 3.63) is 18.5 Å². The summed E-state index contributed by atoms with van der Waals surface area (Å²) in [6.07, 6.45) is 4.98. The highest BCUT2D eigenvalue weighted by molar-refractivity contribution is 4.88. The lowest BCUT2D eigenvalue weighted by molar-refractivity contribution is 0.0602. The van der Waals surface area contributed by atoms with Crippen LogP contribution in [-0.4, -0.2) is 70.9 Å². The van der Waals surface area contributed by atoms with Gasteiger partial charge in [-0.3, -0.25) is 9.58 Å². The predicted molar refractivity (Wildman–Crippen MR) is 87.5 cm³/mol. The average Bonchev–Trinajstić information content (AvgIpc) is 2.97. The van der Waals surface area contributed by atoms with Crippen molar-refractivity contribution in [2.24, 2.45) is 0 Å². The van der Waals surface area contributed by atoms with E-state index in [0.29, 0.717) is 6.04 Å². The summed E-state index contributed by atoms with van der Waals surface area (Å²) in [7, 11) is 2.21. The second-order valence-corrected chi connectivity index (χ2v) is 6.94. The topological polar surface area (TPSA) is 36.3 Å². The van der Waals surface area contributed by atoms with Crippen LogP contribution >= 0.6 is 0 Å². The molecular formula is C16H31N5.